The summed E-state index contributed by atoms with van der Waals surface area (Å²) in [6.45, 7) is 1.64. The van der Waals surface area contributed by atoms with Crippen molar-refractivity contribution in [2.24, 2.45) is 0 Å². The molecule has 0 radical (unpaired) electrons. The molecule has 3 nitrogen and oxygen atoms in total. The monoisotopic (exact) mass is 271 g/mol. The van der Waals surface area contributed by atoms with E-state index in [0.717, 1.165) is 28.7 Å². The van der Waals surface area contributed by atoms with E-state index in [4.69, 9.17) is 5.11 Å². The Bertz CT molecular complexity index is 356. The first-order valence-corrected chi connectivity index (χ1v) is 5.82. The first kappa shape index (κ1) is 10.9. The summed E-state index contributed by atoms with van der Waals surface area (Å²) in [6, 6.07) is 5.88. The van der Waals surface area contributed by atoms with Crippen LogP contribution < -0.4 is 4.90 Å². The van der Waals surface area contributed by atoms with Crippen LogP contribution in [0.2, 0.25) is 0 Å². The lowest BCUT2D eigenvalue weighted by Crippen LogP contribution is -2.21. The molecule has 82 valence electrons. The number of anilines is 1. The predicted octanol–water partition coefficient (Wildman–Crippen LogP) is 1.51. The van der Waals surface area contributed by atoms with Crippen LogP contribution in [-0.4, -0.2) is 29.4 Å². The summed E-state index contributed by atoms with van der Waals surface area (Å²) in [6.07, 6.45) is 0.626. The minimum absolute atomic E-state index is 0.0451. The summed E-state index contributed by atoms with van der Waals surface area (Å²) in [5, 5.41) is 18.5. The molecule has 1 unspecified atom stereocenters. The van der Waals surface area contributed by atoms with E-state index < -0.39 is 0 Å². The van der Waals surface area contributed by atoms with E-state index in [2.05, 4.69) is 20.8 Å². The van der Waals surface area contributed by atoms with E-state index in [1.54, 1.807) is 0 Å². The fourth-order valence-electron chi connectivity index (χ4n) is 1.84. The molecule has 1 aliphatic heterocycles. The first-order chi connectivity index (χ1) is 7.20. The van der Waals surface area contributed by atoms with Crippen LogP contribution in [-0.2, 0) is 6.61 Å². The number of rotatable bonds is 2. The summed E-state index contributed by atoms with van der Waals surface area (Å²) in [7, 11) is 0. The maximum absolute atomic E-state index is 9.44. The molecule has 1 atom stereocenters. The summed E-state index contributed by atoms with van der Waals surface area (Å²) >= 11 is 3.42. The van der Waals surface area contributed by atoms with Crippen molar-refractivity contribution in [1.29, 1.82) is 0 Å². The molecular formula is C11H14BrNO2. The number of aliphatic hydroxyl groups excluding tert-OH is 2. The molecule has 0 aromatic heterocycles. The van der Waals surface area contributed by atoms with E-state index in [-0.39, 0.29) is 12.7 Å². The molecule has 2 N–H and O–H groups in total. The lowest BCUT2D eigenvalue weighted by molar-refractivity contribution is 0.198. The number of halogens is 1. The van der Waals surface area contributed by atoms with Crippen molar-refractivity contribution in [1.82, 2.24) is 0 Å². The van der Waals surface area contributed by atoms with Gasteiger partial charge in [0, 0.05) is 23.2 Å². The highest BCUT2D eigenvalue weighted by Gasteiger charge is 2.20. The molecular weight excluding hydrogens is 258 g/mol. The molecule has 1 heterocycles. The molecule has 0 amide bonds. The van der Waals surface area contributed by atoms with Gasteiger partial charge in [0.15, 0.2) is 0 Å². The van der Waals surface area contributed by atoms with Crippen molar-refractivity contribution in [2.45, 2.75) is 19.1 Å². The average molecular weight is 272 g/mol. The third-order valence-electron chi connectivity index (χ3n) is 2.74. The zero-order chi connectivity index (χ0) is 10.8. The van der Waals surface area contributed by atoms with E-state index in [1.165, 1.54) is 0 Å². The van der Waals surface area contributed by atoms with Crippen molar-refractivity contribution in [3.63, 3.8) is 0 Å². The van der Waals surface area contributed by atoms with Crippen molar-refractivity contribution in [3.8, 4) is 0 Å². The van der Waals surface area contributed by atoms with E-state index in [1.807, 2.05) is 18.2 Å². The van der Waals surface area contributed by atoms with Crippen LogP contribution in [0, 0.1) is 0 Å². The van der Waals surface area contributed by atoms with Gasteiger partial charge in [0.1, 0.15) is 0 Å². The Morgan fingerprint density at radius 3 is 2.80 bits per heavy atom. The maximum Gasteiger partial charge on any atom is 0.0731 e. The van der Waals surface area contributed by atoms with Gasteiger partial charge in [-0.2, -0.15) is 0 Å². The summed E-state index contributed by atoms with van der Waals surface area (Å²) in [5.41, 5.74) is 1.98. The molecule has 15 heavy (non-hydrogen) atoms. The summed E-state index contributed by atoms with van der Waals surface area (Å²) in [4.78, 5) is 2.15. The largest absolute Gasteiger partial charge is 0.392 e. The van der Waals surface area contributed by atoms with Gasteiger partial charge < -0.3 is 15.1 Å². The van der Waals surface area contributed by atoms with Crippen LogP contribution in [0.15, 0.2) is 22.7 Å². The highest BCUT2D eigenvalue weighted by atomic mass is 79.9. The molecule has 0 aliphatic carbocycles. The smallest absolute Gasteiger partial charge is 0.0731 e. The molecule has 0 bridgehead atoms. The number of hydrogen-bond donors (Lipinski definition) is 2. The lowest BCUT2D eigenvalue weighted by atomic mass is 10.2. The van der Waals surface area contributed by atoms with Gasteiger partial charge in [-0.1, -0.05) is 22.0 Å². The number of β-amino-alcohol motifs (C(OH)–C–C–N with tert-alkyl or cyclic N) is 1. The molecule has 0 saturated carbocycles. The molecule has 1 aliphatic rings. The third kappa shape index (κ3) is 2.33. The molecule has 4 heteroatoms. The number of hydrogen-bond acceptors (Lipinski definition) is 3. The van der Waals surface area contributed by atoms with Crippen LogP contribution in [0.3, 0.4) is 0 Å². The maximum atomic E-state index is 9.44. The lowest BCUT2D eigenvalue weighted by Gasteiger charge is -2.18. The quantitative estimate of drug-likeness (QED) is 0.857. The highest BCUT2D eigenvalue weighted by Crippen LogP contribution is 2.26. The van der Waals surface area contributed by atoms with Crippen molar-refractivity contribution >= 4 is 21.6 Å². The van der Waals surface area contributed by atoms with Gasteiger partial charge in [-0.15, -0.1) is 0 Å². The van der Waals surface area contributed by atoms with Gasteiger partial charge in [0.2, 0.25) is 0 Å². The van der Waals surface area contributed by atoms with Gasteiger partial charge in [-0.3, -0.25) is 0 Å². The molecule has 0 spiro atoms. The van der Waals surface area contributed by atoms with E-state index in [9.17, 15) is 5.11 Å². The van der Waals surface area contributed by atoms with Crippen LogP contribution in [0.1, 0.15) is 12.0 Å². The van der Waals surface area contributed by atoms with Gasteiger partial charge in [-0.25, -0.2) is 0 Å². The Hall–Kier alpha value is -0.580. The number of nitrogens with zero attached hydrogens (tertiary/aromatic N) is 1. The second kappa shape index (κ2) is 4.51. The van der Waals surface area contributed by atoms with Gasteiger partial charge in [0.25, 0.3) is 0 Å². The van der Waals surface area contributed by atoms with E-state index in [0.29, 0.717) is 6.54 Å². The van der Waals surface area contributed by atoms with Crippen molar-refractivity contribution in [3.05, 3.63) is 28.2 Å². The van der Waals surface area contributed by atoms with Gasteiger partial charge in [-0.05, 0) is 24.1 Å². The topological polar surface area (TPSA) is 43.7 Å². The van der Waals surface area contributed by atoms with Gasteiger partial charge >= 0.3 is 0 Å². The highest BCUT2D eigenvalue weighted by molar-refractivity contribution is 9.10. The molecule has 1 aromatic rings. The standard InChI is InChI=1S/C11H14BrNO2/c12-11-5-9(2-1-8(11)7-14)13-4-3-10(15)6-13/h1-2,5,10,14-15H,3-4,6-7H2. The average Bonchev–Trinajstić information content (AvgIpc) is 2.65. The first-order valence-electron chi connectivity index (χ1n) is 5.03. The fourth-order valence-corrected chi connectivity index (χ4v) is 2.33. The number of aliphatic hydroxyl groups is 2. The Labute approximate surface area is 97.5 Å². The predicted molar refractivity (Wildman–Crippen MR) is 62.9 cm³/mol. The van der Waals surface area contributed by atoms with Crippen molar-refractivity contribution < 1.29 is 10.2 Å². The Morgan fingerprint density at radius 1 is 1.47 bits per heavy atom. The van der Waals surface area contributed by atoms with Crippen LogP contribution in [0.4, 0.5) is 5.69 Å². The fraction of sp³-hybridized carbons (Fsp3) is 0.455. The Kier molecular flexibility index (Phi) is 3.29. The SMILES string of the molecule is OCc1ccc(N2CCC(O)C2)cc1Br. The third-order valence-corrected chi connectivity index (χ3v) is 3.47. The van der Waals surface area contributed by atoms with Crippen LogP contribution >= 0.6 is 15.9 Å². The van der Waals surface area contributed by atoms with E-state index >= 15 is 0 Å². The second-order valence-corrected chi connectivity index (χ2v) is 4.68. The minimum atomic E-state index is -0.207. The molecule has 2 rings (SSSR count). The summed E-state index contributed by atoms with van der Waals surface area (Å²) in [5.74, 6) is 0. The Morgan fingerprint density at radius 2 is 2.27 bits per heavy atom. The molecule has 1 saturated heterocycles. The molecule has 1 fully saturated rings. The summed E-state index contributed by atoms with van der Waals surface area (Å²) < 4.78 is 0.920. The second-order valence-electron chi connectivity index (χ2n) is 3.82. The Balaban J connectivity index is 2.19. The normalized spacial score (nSPS) is 21.0. The van der Waals surface area contributed by atoms with Crippen molar-refractivity contribution in [2.75, 3.05) is 18.0 Å². The number of benzene rings is 1. The van der Waals surface area contributed by atoms with Crippen LogP contribution in [0.25, 0.3) is 0 Å². The minimum Gasteiger partial charge on any atom is -0.392 e. The van der Waals surface area contributed by atoms with Gasteiger partial charge in [0.05, 0.1) is 12.7 Å². The zero-order valence-corrected chi connectivity index (χ0v) is 9.94. The molecule has 1 aromatic carbocycles. The zero-order valence-electron chi connectivity index (χ0n) is 8.36. The van der Waals surface area contributed by atoms with Crippen LogP contribution in [0.5, 0.6) is 0 Å².